The minimum absolute atomic E-state index is 0.634. The van der Waals surface area contributed by atoms with Crippen molar-refractivity contribution >= 4 is 11.8 Å². The predicted octanol–water partition coefficient (Wildman–Crippen LogP) is 3.00. The van der Waals surface area contributed by atoms with Crippen molar-refractivity contribution < 1.29 is 0 Å². The fraction of sp³-hybridized carbons (Fsp3) is 0.333. The summed E-state index contributed by atoms with van der Waals surface area (Å²) in [6.07, 6.45) is 2.89. The smallest absolute Gasteiger partial charge is 0.224 e. The summed E-state index contributed by atoms with van der Waals surface area (Å²) in [6, 6.07) is 8.65. The number of anilines is 2. The molecule has 0 saturated carbocycles. The van der Waals surface area contributed by atoms with Crippen molar-refractivity contribution in [3.8, 4) is 0 Å². The number of rotatable bonds is 5. The van der Waals surface area contributed by atoms with Crippen LogP contribution in [-0.4, -0.2) is 17.0 Å². The molecule has 0 bridgehead atoms. The van der Waals surface area contributed by atoms with Gasteiger partial charge in [0.25, 0.3) is 0 Å². The van der Waals surface area contributed by atoms with Gasteiger partial charge < -0.3 is 10.6 Å². The third-order valence-electron chi connectivity index (χ3n) is 3.09. The topological polar surface area (TPSA) is 49.8 Å². The van der Waals surface area contributed by atoms with E-state index >= 15 is 0 Å². The largest absolute Gasteiger partial charge is 0.366 e. The second-order valence-electron chi connectivity index (χ2n) is 4.50. The molecule has 0 radical (unpaired) electrons. The van der Waals surface area contributed by atoms with Gasteiger partial charge >= 0.3 is 0 Å². The lowest BCUT2D eigenvalue weighted by molar-refractivity contribution is 1.05. The van der Waals surface area contributed by atoms with Gasteiger partial charge in [-0.25, -0.2) is 4.98 Å². The van der Waals surface area contributed by atoms with E-state index in [1.807, 2.05) is 20.2 Å². The highest BCUT2D eigenvalue weighted by atomic mass is 15.1. The van der Waals surface area contributed by atoms with Crippen LogP contribution in [0.4, 0.5) is 11.8 Å². The van der Waals surface area contributed by atoms with E-state index < -0.39 is 0 Å². The molecule has 19 heavy (non-hydrogen) atoms. The van der Waals surface area contributed by atoms with Crippen molar-refractivity contribution in [1.82, 2.24) is 9.97 Å². The van der Waals surface area contributed by atoms with Gasteiger partial charge in [-0.05, 0) is 24.5 Å². The summed E-state index contributed by atoms with van der Waals surface area (Å²) >= 11 is 0. The van der Waals surface area contributed by atoms with E-state index in [-0.39, 0.29) is 0 Å². The summed E-state index contributed by atoms with van der Waals surface area (Å²) in [6.45, 7) is 4.93. The van der Waals surface area contributed by atoms with Gasteiger partial charge in [-0.1, -0.05) is 31.2 Å². The van der Waals surface area contributed by atoms with Crippen LogP contribution in [0.2, 0.25) is 0 Å². The van der Waals surface area contributed by atoms with E-state index in [2.05, 4.69) is 51.8 Å². The highest BCUT2D eigenvalue weighted by Gasteiger charge is 2.02. The molecule has 0 aliphatic rings. The zero-order chi connectivity index (χ0) is 13.7. The fourth-order valence-corrected chi connectivity index (χ4v) is 1.82. The van der Waals surface area contributed by atoms with E-state index in [0.29, 0.717) is 5.95 Å². The van der Waals surface area contributed by atoms with Gasteiger partial charge in [-0.15, -0.1) is 0 Å². The van der Waals surface area contributed by atoms with E-state index in [1.54, 1.807) is 0 Å². The third kappa shape index (κ3) is 3.44. The number of aromatic nitrogens is 2. The highest BCUT2D eigenvalue weighted by Crippen LogP contribution is 2.14. The Morgan fingerprint density at radius 2 is 1.79 bits per heavy atom. The van der Waals surface area contributed by atoms with Gasteiger partial charge in [0, 0.05) is 25.4 Å². The quantitative estimate of drug-likeness (QED) is 0.863. The lowest BCUT2D eigenvalue weighted by atomic mass is 10.1. The Morgan fingerprint density at radius 1 is 1.11 bits per heavy atom. The molecule has 1 heterocycles. The number of hydrogen-bond acceptors (Lipinski definition) is 4. The van der Waals surface area contributed by atoms with Gasteiger partial charge in [0.1, 0.15) is 5.82 Å². The van der Waals surface area contributed by atoms with Gasteiger partial charge in [0.2, 0.25) is 5.95 Å². The first kappa shape index (κ1) is 13.3. The first-order chi connectivity index (χ1) is 9.22. The van der Waals surface area contributed by atoms with Gasteiger partial charge in [-0.3, -0.25) is 0 Å². The molecular formula is C15H20N4. The Morgan fingerprint density at radius 3 is 2.42 bits per heavy atom. The van der Waals surface area contributed by atoms with Gasteiger partial charge in [0.15, 0.2) is 0 Å². The molecule has 2 rings (SSSR count). The maximum Gasteiger partial charge on any atom is 0.224 e. The number of aryl methyl sites for hydroxylation is 2. The Balaban J connectivity index is 2.05. The SMILES string of the molecule is CCc1ccc(CNc2nc(NC)ncc2C)cc1. The van der Waals surface area contributed by atoms with Crippen LogP contribution in [-0.2, 0) is 13.0 Å². The van der Waals surface area contributed by atoms with Crippen molar-refractivity contribution in [3.63, 3.8) is 0 Å². The number of hydrogen-bond donors (Lipinski definition) is 2. The highest BCUT2D eigenvalue weighted by molar-refractivity contribution is 5.46. The number of nitrogens with one attached hydrogen (secondary N) is 2. The molecule has 4 nitrogen and oxygen atoms in total. The second kappa shape index (κ2) is 6.18. The molecule has 0 fully saturated rings. The van der Waals surface area contributed by atoms with Crippen LogP contribution in [0.3, 0.4) is 0 Å². The van der Waals surface area contributed by atoms with Crippen LogP contribution < -0.4 is 10.6 Å². The molecule has 2 aromatic rings. The molecule has 0 aliphatic heterocycles. The van der Waals surface area contributed by atoms with Crippen molar-refractivity contribution in [3.05, 3.63) is 47.2 Å². The lowest BCUT2D eigenvalue weighted by Gasteiger charge is -2.10. The average molecular weight is 256 g/mol. The molecule has 0 aliphatic carbocycles. The maximum atomic E-state index is 4.41. The molecule has 4 heteroatoms. The molecule has 0 unspecified atom stereocenters. The van der Waals surface area contributed by atoms with Crippen LogP contribution in [0.25, 0.3) is 0 Å². The summed E-state index contributed by atoms with van der Waals surface area (Å²) in [5, 5.41) is 6.30. The van der Waals surface area contributed by atoms with Gasteiger partial charge in [0.05, 0.1) is 0 Å². The van der Waals surface area contributed by atoms with Crippen LogP contribution in [0, 0.1) is 6.92 Å². The Bertz CT molecular complexity index is 534. The lowest BCUT2D eigenvalue weighted by Crippen LogP contribution is -2.06. The standard InChI is InChI=1S/C15H20N4/c1-4-12-5-7-13(8-6-12)10-17-14-11(2)9-18-15(16-3)19-14/h5-9H,4,10H2,1-3H3,(H2,16,17,18,19). The van der Waals surface area contributed by atoms with Crippen molar-refractivity contribution in [1.29, 1.82) is 0 Å². The molecule has 0 spiro atoms. The van der Waals surface area contributed by atoms with Crippen LogP contribution >= 0.6 is 0 Å². The predicted molar refractivity (Wildman–Crippen MR) is 79.5 cm³/mol. The van der Waals surface area contributed by atoms with E-state index in [1.165, 1.54) is 11.1 Å². The minimum Gasteiger partial charge on any atom is -0.366 e. The molecule has 0 amide bonds. The molecule has 0 atom stereocenters. The van der Waals surface area contributed by atoms with Crippen molar-refractivity contribution in [2.45, 2.75) is 26.8 Å². The molecule has 1 aromatic carbocycles. The van der Waals surface area contributed by atoms with Crippen LogP contribution in [0.15, 0.2) is 30.5 Å². The van der Waals surface area contributed by atoms with Crippen LogP contribution in [0.5, 0.6) is 0 Å². The fourth-order valence-electron chi connectivity index (χ4n) is 1.82. The molecular weight excluding hydrogens is 236 g/mol. The summed E-state index contributed by atoms with van der Waals surface area (Å²) in [7, 11) is 1.82. The third-order valence-corrected chi connectivity index (χ3v) is 3.09. The normalized spacial score (nSPS) is 10.3. The first-order valence-electron chi connectivity index (χ1n) is 6.56. The molecule has 0 saturated heterocycles. The minimum atomic E-state index is 0.634. The number of benzene rings is 1. The Kier molecular flexibility index (Phi) is 4.34. The molecule has 100 valence electrons. The molecule has 1 aromatic heterocycles. The zero-order valence-corrected chi connectivity index (χ0v) is 11.7. The summed E-state index contributed by atoms with van der Waals surface area (Å²) in [5.74, 6) is 1.51. The first-order valence-corrected chi connectivity index (χ1v) is 6.56. The zero-order valence-electron chi connectivity index (χ0n) is 11.7. The maximum absolute atomic E-state index is 4.41. The Hall–Kier alpha value is -2.10. The summed E-state index contributed by atoms with van der Waals surface area (Å²) in [5.41, 5.74) is 3.66. The summed E-state index contributed by atoms with van der Waals surface area (Å²) < 4.78 is 0. The summed E-state index contributed by atoms with van der Waals surface area (Å²) in [4.78, 5) is 8.58. The number of nitrogens with zero attached hydrogens (tertiary/aromatic N) is 2. The monoisotopic (exact) mass is 256 g/mol. The van der Waals surface area contributed by atoms with E-state index in [9.17, 15) is 0 Å². The van der Waals surface area contributed by atoms with E-state index in [4.69, 9.17) is 0 Å². The average Bonchev–Trinajstić information content (AvgIpc) is 2.47. The van der Waals surface area contributed by atoms with Crippen LogP contribution in [0.1, 0.15) is 23.6 Å². The van der Waals surface area contributed by atoms with Gasteiger partial charge in [-0.2, -0.15) is 4.98 Å². The second-order valence-corrected chi connectivity index (χ2v) is 4.50. The Labute approximate surface area is 114 Å². The van der Waals surface area contributed by atoms with Crippen molar-refractivity contribution in [2.24, 2.45) is 0 Å². The van der Waals surface area contributed by atoms with E-state index in [0.717, 1.165) is 24.3 Å². The van der Waals surface area contributed by atoms with Crippen molar-refractivity contribution in [2.75, 3.05) is 17.7 Å². The molecule has 2 N–H and O–H groups in total.